The maximum atomic E-state index is 11.3. The summed E-state index contributed by atoms with van der Waals surface area (Å²) >= 11 is 0. The Morgan fingerprint density at radius 3 is 2.35 bits per heavy atom. The zero-order chi connectivity index (χ0) is 12.8. The number of likely N-dealkylation sites (N-methyl/N-ethyl adjacent to an activating group) is 1. The molecule has 0 fully saturated rings. The number of carbonyl (C=O) groups excluding carboxylic acids is 1. The van der Waals surface area contributed by atoms with Crippen LogP contribution in [0.2, 0.25) is 0 Å². The average Bonchev–Trinajstić information content (AvgIpc) is 2.35. The molecule has 0 bridgehead atoms. The molecular weight excluding hydrogens is 212 g/mol. The summed E-state index contributed by atoms with van der Waals surface area (Å²) in [4.78, 5) is 11.3. The molecule has 0 radical (unpaired) electrons. The molecule has 0 saturated carbocycles. The second-order valence-electron chi connectivity index (χ2n) is 4.07. The molecule has 3 nitrogen and oxygen atoms in total. The van der Waals surface area contributed by atoms with Crippen molar-refractivity contribution in [2.45, 2.75) is 19.8 Å². The molecule has 1 N–H and O–H groups in total. The highest BCUT2D eigenvalue weighted by Crippen LogP contribution is 2.16. The van der Waals surface area contributed by atoms with Crippen LogP contribution in [-0.2, 0) is 4.79 Å². The Kier molecular flexibility index (Phi) is 4.47. The molecule has 0 aliphatic rings. The van der Waals surface area contributed by atoms with Crippen molar-refractivity contribution in [3.8, 4) is 6.07 Å². The number of amides is 1. The Morgan fingerprint density at radius 1 is 1.35 bits per heavy atom. The summed E-state index contributed by atoms with van der Waals surface area (Å²) in [5.41, 5.74) is 2.21. The van der Waals surface area contributed by atoms with Crippen LogP contribution in [0, 0.1) is 11.3 Å². The minimum Gasteiger partial charge on any atom is -0.354 e. The molecule has 0 atom stereocenters. The first-order chi connectivity index (χ1) is 8.08. The van der Waals surface area contributed by atoms with Crippen LogP contribution in [0.3, 0.4) is 0 Å². The lowest BCUT2D eigenvalue weighted by Crippen LogP contribution is -2.19. The molecule has 0 aromatic heterocycles. The van der Waals surface area contributed by atoms with Gasteiger partial charge in [-0.3, -0.25) is 4.79 Å². The van der Waals surface area contributed by atoms with Crippen molar-refractivity contribution < 1.29 is 4.79 Å². The zero-order valence-electron chi connectivity index (χ0n) is 10.3. The molecule has 0 spiro atoms. The SMILES string of the molecule is CNC(=O)/C(C#N)=C/c1ccc(C(C)C)cc1. The van der Waals surface area contributed by atoms with E-state index in [1.807, 2.05) is 30.3 Å². The average molecular weight is 228 g/mol. The largest absolute Gasteiger partial charge is 0.354 e. The van der Waals surface area contributed by atoms with E-state index in [1.165, 1.54) is 12.6 Å². The van der Waals surface area contributed by atoms with Gasteiger partial charge in [-0.25, -0.2) is 0 Å². The highest BCUT2D eigenvalue weighted by atomic mass is 16.1. The van der Waals surface area contributed by atoms with E-state index in [1.54, 1.807) is 6.08 Å². The molecule has 1 aromatic rings. The minimum atomic E-state index is -0.361. The fourth-order valence-corrected chi connectivity index (χ4v) is 1.43. The third-order valence-electron chi connectivity index (χ3n) is 2.51. The standard InChI is InChI=1S/C14H16N2O/c1-10(2)12-6-4-11(5-7-12)8-13(9-15)14(17)16-3/h4-8,10H,1-3H3,(H,16,17)/b13-8+. The third kappa shape index (κ3) is 3.46. The summed E-state index contributed by atoms with van der Waals surface area (Å²) in [5, 5.41) is 11.3. The Balaban J connectivity index is 2.98. The summed E-state index contributed by atoms with van der Waals surface area (Å²) < 4.78 is 0. The number of benzene rings is 1. The van der Waals surface area contributed by atoms with Crippen LogP contribution in [0.5, 0.6) is 0 Å². The van der Waals surface area contributed by atoms with Crippen LogP contribution >= 0.6 is 0 Å². The van der Waals surface area contributed by atoms with Gasteiger partial charge >= 0.3 is 0 Å². The Labute approximate surface area is 102 Å². The van der Waals surface area contributed by atoms with Crippen molar-refractivity contribution in [2.75, 3.05) is 7.05 Å². The zero-order valence-corrected chi connectivity index (χ0v) is 10.3. The monoisotopic (exact) mass is 228 g/mol. The molecule has 0 aliphatic carbocycles. The number of nitrogens with one attached hydrogen (secondary N) is 1. The van der Waals surface area contributed by atoms with Crippen molar-refractivity contribution in [3.63, 3.8) is 0 Å². The quantitative estimate of drug-likeness (QED) is 0.638. The normalized spacial score (nSPS) is 11.1. The lowest BCUT2D eigenvalue weighted by molar-refractivity contribution is -0.116. The van der Waals surface area contributed by atoms with Gasteiger partial charge < -0.3 is 5.32 Å². The van der Waals surface area contributed by atoms with Gasteiger partial charge in [0, 0.05) is 7.05 Å². The summed E-state index contributed by atoms with van der Waals surface area (Å²) in [5.74, 6) is 0.114. The summed E-state index contributed by atoms with van der Waals surface area (Å²) in [6.07, 6.45) is 1.59. The van der Waals surface area contributed by atoms with Gasteiger partial charge in [-0.05, 0) is 23.1 Å². The Morgan fingerprint density at radius 2 is 1.94 bits per heavy atom. The van der Waals surface area contributed by atoms with E-state index in [2.05, 4.69) is 19.2 Å². The molecule has 17 heavy (non-hydrogen) atoms. The lowest BCUT2D eigenvalue weighted by atomic mass is 10.0. The number of nitriles is 1. The van der Waals surface area contributed by atoms with Crippen molar-refractivity contribution >= 4 is 12.0 Å². The molecule has 0 aliphatic heterocycles. The number of rotatable bonds is 3. The number of nitrogens with zero attached hydrogens (tertiary/aromatic N) is 1. The van der Waals surface area contributed by atoms with E-state index in [-0.39, 0.29) is 11.5 Å². The van der Waals surface area contributed by atoms with E-state index in [4.69, 9.17) is 5.26 Å². The minimum absolute atomic E-state index is 0.116. The maximum absolute atomic E-state index is 11.3. The van der Waals surface area contributed by atoms with Crippen LogP contribution in [0.4, 0.5) is 0 Å². The second-order valence-corrected chi connectivity index (χ2v) is 4.07. The molecule has 0 heterocycles. The van der Waals surface area contributed by atoms with Gasteiger partial charge in [-0.1, -0.05) is 38.1 Å². The molecule has 1 amide bonds. The summed E-state index contributed by atoms with van der Waals surface area (Å²) in [7, 11) is 1.51. The molecule has 0 unspecified atom stereocenters. The third-order valence-corrected chi connectivity index (χ3v) is 2.51. The molecule has 1 aromatic carbocycles. The molecule has 1 rings (SSSR count). The first-order valence-electron chi connectivity index (χ1n) is 5.52. The van der Waals surface area contributed by atoms with Gasteiger partial charge in [0.05, 0.1) is 0 Å². The fraction of sp³-hybridized carbons (Fsp3) is 0.286. The van der Waals surface area contributed by atoms with Crippen molar-refractivity contribution in [1.82, 2.24) is 5.32 Å². The predicted octanol–water partition coefficient (Wildman–Crippen LogP) is 2.46. The first-order valence-corrected chi connectivity index (χ1v) is 5.52. The van der Waals surface area contributed by atoms with E-state index in [9.17, 15) is 4.79 Å². The highest BCUT2D eigenvalue weighted by Gasteiger charge is 2.06. The fourth-order valence-electron chi connectivity index (χ4n) is 1.43. The van der Waals surface area contributed by atoms with E-state index in [0.29, 0.717) is 5.92 Å². The van der Waals surface area contributed by atoms with Gasteiger partial charge in [0.25, 0.3) is 5.91 Å². The van der Waals surface area contributed by atoms with Crippen molar-refractivity contribution in [1.29, 1.82) is 5.26 Å². The maximum Gasteiger partial charge on any atom is 0.261 e. The van der Waals surface area contributed by atoms with Crippen LogP contribution in [-0.4, -0.2) is 13.0 Å². The van der Waals surface area contributed by atoms with Gasteiger partial charge in [-0.15, -0.1) is 0 Å². The lowest BCUT2D eigenvalue weighted by Gasteiger charge is -2.05. The number of carbonyl (C=O) groups is 1. The van der Waals surface area contributed by atoms with Crippen LogP contribution in [0.25, 0.3) is 6.08 Å². The van der Waals surface area contributed by atoms with E-state index >= 15 is 0 Å². The van der Waals surface area contributed by atoms with Gasteiger partial charge in [0.2, 0.25) is 0 Å². The number of hydrogen-bond acceptors (Lipinski definition) is 2. The van der Waals surface area contributed by atoms with E-state index < -0.39 is 0 Å². The Bertz CT molecular complexity index is 464. The number of hydrogen-bond donors (Lipinski definition) is 1. The molecule has 0 saturated heterocycles. The molecule has 88 valence electrons. The highest BCUT2D eigenvalue weighted by molar-refractivity contribution is 6.01. The van der Waals surface area contributed by atoms with Gasteiger partial charge in [0.1, 0.15) is 11.6 Å². The van der Waals surface area contributed by atoms with Crippen molar-refractivity contribution in [2.24, 2.45) is 0 Å². The van der Waals surface area contributed by atoms with Crippen LogP contribution in [0.1, 0.15) is 30.9 Å². The Hall–Kier alpha value is -2.08. The van der Waals surface area contributed by atoms with Crippen molar-refractivity contribution in [3.05, 3.63) is 41.0 Å². The second kappa shape index (κ2) is 5.86. The molecule has 3 heteroatoms. The summed E-state index contributed by atoms with van der Waals surface area (Å²) in [6.45, 7) is 4.24. The summed E-state index contributed by atoms with van der Waals surface area (Å²) in [6, 6.07) is 9.73. The predicted molar refractivity (Wildman–Crippen MR) is 68.2 cm³/mol. The smallest absolute Gasteiger partial charge is 0.261 e. The molecular formula is C14H16N2O. The van der Waals surface area contributed by atoms with Gasteiger partial charge in [-0.2, -0.15) is 5.26 Å². The van der Waals surface area contributed by atoms with Crippen LogP contribution in [0.15, 0.2) is 29.8 Å². The van der Waals surface area contributed by atoms with Gasteiger partial charge in [0.15, 0.2) is 0 Å². The van der Waals surface area contributed by atoms with E-state index in [0.717, 1.165) is 5.56 Å². The first kappa shape index (κ1) is 13.0. The van der Waals surface area contributed by atoms with Crippen LogP contribution < -0.4 is 5.32 Å². The topological polar surface area (TPSA) is 52.9 Å².